The molecule has 1 aromatic carbocycles. The van der Waals surface area contributed by atoms with Crippen LogP contribution in [0.4, 0.5) is 5.95 Å². The van der Waals surface area contributed by atoms with E-state index < -0.39 is 0 Å². The van der Waals surface area contributed by atoms with E-state index in [9.17, 15) is 9.59 Å². The molecule has 1 fully saturated rings. The molecule has 8 nitrogen and oxygen atoms in total. The summed E-state index contributed by atoms with van der Waals surface area (Å²) >= 11 is 0. The number of hydrogen-bond acceptors (Lipinski definition) is 6. The van der Waals surface area contributed by atoms with E-state index in [2.05, 4.69) is 25.1 Å². The number of rotatable bonds is 2. The number of benzene rings is 1. The Balaban J connectivity index is 1.58. The molecule has 1 aliphatic rings. The van der Waals surface area contributed by atoms with Crippen molar-refractivity contribution in [3.8, 4) is 0 Å². The molecule has 0 radical (unpaired) electrons. The maximum absolute atomic E-state index is 13.0. The SMILES string of the molecule is O=C(c1n[nH]c(=O)c2ccccc12)N1CCCN(c2ncccn2)CC1. The fourth-order valence-electron chi connectivity index (χ4n) is 3.20. The van der Waals surface area contributed by atoms with Crippen LogP contribution in [0.1, 0.15) is 16.9 Å². The highest BCUT2D eigenvalue weighted by Crippen LogP contribution is 2.16. The minimum Gasteiger partial charge on any atom is -0.339 e. The maximum Gasteiger partial charge on any atom is 0.275 e. The molecule has 0 unspecified atom stereocenters. The molecule has 0 atom stereocenters. The molecule has 2 aromatic heterocycles. The van der Waals surface area contributed by atoms with Gasteiger partial charge in [-0.05, 0) is 18.6 Å². The van der Waals surface area contributed by atoms with Crippen LogP contribution in [0.15, 0.2) is 47.5 Å². The van der Waals surface area contributed by atoms with E-state index in [1.54, 1.807) is 47.6 Å². The number of nitrogens with one attached hydrogen (secondary N) is 1. The van der Waals surface area contributed by atoms with Gasteiger partial charge in [0, 0.05) is 44.0 Å². The van der Waals surface area contributed by atoms with Crippen LogP contribution in [0.25, 0.3) is 10.8 Å². The van der Waals surface area contributed by atoms with E-state index in [1.165, 1.54) is 0 Å². The number of amides is 1. The molecule has 0 aliphatic carbocycles. The van der Waals surface area contributed by atoms with Crippen LogP contribution < -0.4 is 10.5 Å². The van der Waals surface area contributed by atoms with Crippen molar-refractivity contribution in [1.82, 2.24) is 25.1 Å². The van der Waals surface area contributed by atoms with Gasteiger partial charge in [0.1, 0.15) is 0 Å². The highest BCUT2D eigenvalue weighted by atomic mass is 16.2. The summed E-state index contributed by atoms with van der Waals surface area (Å²) in [6, 6.07) is 8.81. The fraction of sp³-hybridized carbons (Fsp3) is 0.278. The molecule has 0 spiro atoms. The van der Waals surface area contributed by atoms with Gasteiger partial charge in [-0.1, -0.05) is 18.2 Å². The highest BCUT2D eigenvalue weighted by Gasteiger charge is 2.24. The third-order valence-electron chi connectivity index (χ3n) is 4.52. The van der Waals surface area contributed by atoms with Gasteiger partial charge in [-0.15, -0.1) is 0 Å². The van der Waals surface area contributed by atoms with Gasteiger partial charge in [0.25, 0.3) is 11.5 Å². The molecule has 4 rings (SSSR count). The number of aromatic nitrogens is 4. The van der Waals surface area contributed by atoms with Gasteiger partial charge in [-0.2, -0.15) is 5.10 Å². The van der Waals surface area contributed by atoms with Gasteiger partial charge in [0.2, 0.25) is 5.95 Å². The number of nitrogens with zero attached hydrogens (tertiary/aromatic N) is 5. The Bertz CT molecular complexity index is 988. The Morgan fingerprint density at radius 2 is 1.73 bits per heavy atom. The first-order valence-corrected chi connectivity index (χ1v) is 8.53. The topological polar surface area (TPSA) is 95.1 Å². The van der Waals surface area contributed by atoms with Crippen molar-refractivity contribution in [2.75, 3.05) is 31.1 Å². The second-order valence-electron chi connectivity index (χ2n) is 6.13. The lowest BCUT2D eigenvalue weighted by molar-refractivity contribution is 0.0762. The third kappa shape index (κ3) is 3.01. The summed E-state index contributed by atoms with van der Waals surface area (Å²) in [7, 11) is 0. The Morgan fingerprint density at radius 3 is 2.54 bits per heavy atom. The van der Waals surface area contributed by atoms with Gasteiger partial charge in [0.15, 0.2) is 5.69 Å². The average molecular weight is 350 g/mol. The second-order valence-corrected chi connectivity index (χ2v) is 6.13. The molecule has 1 amide bonds. The summed E-state index contributed by atoms with van der Waals surface area (Å²) < 4.78 is 0. The molecule has 1 N–H and O–H groups in total. The second kappa shape index (κ2) is 6.91. The summed E-state index contributed by atoms with van der Waals surface area (Å²) in [6.07, 6.45) is 4.24. The van der Waals surface area contributed by atoms with Crippen molar-refractivity contribution in [3.63, 3.8) is 0 Å². The van der Waals surface area contributed by atoms with Crippen LogP contribution in [0.2, 0.25) is 0 Å². The Morgan fingerprint density at radius 1 is 0.962 bits per heavy atom. The molecule has 26 heavy (non-hydrogen) atoms. The average Bonchev–Trinajstić information content (AvgIpc) is 2.95. The zero-order valence-electron chi connectivity index (χ0n) is 14.1. The minimum atomic E-state index is -0.291. The van der Waals surface area contributed by atoms with E-state index in [-0.39, 0.29) is 17.2 Å². The normalized spacial score (nSPS) is 15.1. The van der Waals surface area contributed by atoms with E-state index in [0.717, 1.165) is 13.0 Å². The van der Waals surface area contributed by atoms with Crippen molar-refractivity contribution in [2.24, 2.45) is 0 Å². The van der Waals surface area contributed by atoms with E-state index in [0.29, 0.717) is 36.4 Å². The van der Waals surface area contributed by atoms with Gasteiger partial charge in [-0.25, -0.2) is 15.1 Å². The lowest BCUT2D eigenvalue weighted by Gasteiger charge is -2.22. The third-order valence-corrected chi connectivity index (χ3v) is 4.52. The zero-order chi connectivity index (χ0) is 17.9. The molecule has 0 bridgehead atoms. The molecular weight excluding hydrogens is 332 g/mol. The number of H-pyrrole nitrogens is 1. The Hall–Kier alpha value is -3.29. The smallest absolute Gasteiger partial charge is 0.275 e. The van der Waals surface area contributed by atoms with Crippen molar-refractivity contribution >= 4 is 22.6 Å². The quantitative estimate of drug-likeness (QED) is 0.743. The Labute approximate surface area is 149 Å². The number of carbonyl (C=O) groups excluding carboxylic acids is 1. The fourth-order valence-corrected chi connectivity index (χ4v) is 3.20. The summed E-state index contributed by atoms with van der Waals surface area (Å²) in [5.41, 5.74) is -0.00923. The first kappa shape index (κ1) is 16.2. The molecule has 3 heterocycles. The number of fused-ring (bicyclic) bond motifs is 1. The highest BCUT2D eigenvalue weighted by molar-refractivity contribution is 6.04. The maximum atomic E-state index is 13.0. The molecule has 1 saturated heterocycles. The van der Waals surface area contributed by atoms with E-state index in [1.807, 2.05) is 0 Å². The van der Waals surface area contributed by atoms with Crippen LogP contribution >= 0.6 is 0 Å². The van der Waals surface area contributed by atoms with Crippen molar-refractivity contribution in [1.29, 1.82) is 0 Å². The largest absolute Gasteiger partial charge is 0.339 e. The van der Waals surface area contributed by atoms with Gasteiger partial charge >= 0.3 is 0 Å². The van der Waals surface area contributed by atoms with Crippen molar-refractivity contribution in [3.05, 3.63) is 58.8 Å². The lowest BCUT2D eigenvalue weighted by Crippen LogP contribution is -2.36. The van der Waals surface area contributed by atoms with Crippen LogP contribution in [-0.4, -0.2) is 57.2 Å². The monoisotopic (exact) mass is 350 g/mol. The number of hydrogen-bond donors (Lipinski definition) is 1. The number of anilines is 1. The first-order chi connectivity index (χ1) is 12.7. The Kier molecular flexibility index (Phi) is 4.30. The molecule has 132 valence electrons. The molecule has 0 saturated carbocycles. The summed E-state index contributed by atoms with van der Waals surface area (Å²) in [6.45, 7) is 2.61. The predicted molar refractivity (Wildman–Crippen MR) is 97.1 cm³/mol. The molecular formula is C18H18N6O2. The van der Waals surface area contributed by atoms with Crippen molar-refractivity contribution in [2.45, 2.75) is 6.42 Å². The molecule has 3 aromatic rings. The standard InChI is InChI=1S/C18H18N6O2/c25-16-14-6-2-1-5-13(14)15(21-22-16)17(26)23-9-4-10-24(12-11-23)18-19-7-3-8-20-18/h1-3,5-8H,4,9-12H2,(H,22,25). The van der Waals surface area contributed by atoms with Crippen LogP contribution in [0.3, 0.4) is 0 Å². The summed E-state index contributed by atoms with van der Waals surface area (Å²) in [5, 5.41) is 7.50. The lowest BCUT2D eigenvalue weighted by atomic mass is 10.1. The van der Waals surface area contributed by atoms with E-state index >= 15 is 0 Å². The summed E-state index contributed by atoms with van der Waals surface area (Å²) in [5.74, 6) is 0.502. The zero-order valence-corrected chi connectivity index (χ0v) is 14.1. The van der Waals surface area contributed by atoms with Crippen molar-refractivity contribution < 1.29 is 4.79 Å². The van der Waals surface area contributed by atoms with Gasteiger partial charge in [-0.3, -0.25) is 9.59 Å². The van der Waals surface area contributed by atoms with Gasteiger partial charge in [0.05, 0.1) is 5.39 Å². The van der Waals surface area contributed by atoms with Crippen LogP contribution in [-0.2, 0) is 0 Å². The number of aromatic amines is 1. The molecule has 1 aliphatic heterocycles. The van der Waals surface area contributed by atoms with Crippen LogP contribution in [0, 0.1) is 0 Å². The summed E-state index contributed by atoms with van der Waals surface area (Å²) in [4.78, 5) is 37.3. The minimum absolute atomic E-state index is 0.173. The first-order valence-electron chi connectivity index (χ1n) is 8.53. The van der Waals surface area contributed by atoms with E-state index in [4.69, 9.17) is 0 Å². The number of carbonyl (C=O) groups is 1. The van der Waals surface area contributed by atoms with Crippen LogP contribution in [0.5, 0.6) is 0 Å². The van der Waals surface area contributed by atoms with Gasteiger partial charge < -0.3 is 9.80 Å². The molecule has 8 heteroatoms. The predicted octanol–water partition coefficient (Wildman–Crippen LogP) is 1.07.